The van der Waals surface area contributed by atoms with Crippen molar-refractivity contribution in [3.63, 3.8) is 0 Å². The first-order valence-corrected chi connectivity index (χ1v) is 9.73. The summed E-state index contributed by atoms with van der Waals surface area (Å²) in [5, 5.41) is 10.7. The molecule has 2 bridgehead atoms. The van der Waals surface area contributed by atoms with Crippen molar-refractivity contribution in [3.8, 4) is 23.2 Å². The average molecular weight is 402 g/mol. The number of pyridine rings is 1. The van der Waals surface area contributed by atoms with E-state index in [-0.39, 0.29) is 23.2 Å². The molecule has 1 aromatic carbocycles. The minimum Gasteiger partial charge on any atom is -0.372 e. The molecule has 0 radical (unpaired) electrons. The summed E-state index contributed by atoms with van der Waals surface area (Å²) in [7, 11) is 0. The van der Waals surface area contributed by atoms with Gasteiger partial charge in [-0.25, -0.2) is 9.37 Å². The number of nitrogens with two attached hydrogens (primary N) is 1. The predicted octanol–water partition coefficient (Wildman–Crippen LogP) is 2.87. The Labute approximate surface area is 172 Å². The highest BCUT2D eigenvalue weighted by Crippen LogP contribution is 2.52. The number of aromatic nitrogens is 3. The number of hydrogen-bond donors (Lipinski definition) is 2. The van der Waals surface area contributed by atoms with E-state index in [1.54, 1.807) is 36.7 Å². The molecule has 30 heavy (non-hydrogen) atoms. The van der Waals surface area contributed by atoms with Crippen LogP contribution >= 0.6 is 0 Å². The quantitative estimate of drug-likeness (QED) is 0.645. The first-order valence-electron chi connectivity index (χ1n) is 9.73. The second-order valence-electron chi connectivity index (χ2n) is 8.00. The summed E-state index contributed by atoms with van der Waals surface area (Å²) in [6, 6.07) is 8.54. The van der Waals surface area contributed by atoms with Crippen molar-refractivity contribution in [1.29, 1.82) is 0 Å². The fraction of sp³-hybridized carbons (Fsp3) is 0.261. The van der Waals surface area contributed by atoms with Crippen molar-refractivity contribution in [2.45, 2.75) is 37.3 Å². The Morgan fingerprint density at radius 2 is 2.17 bits per heavy atom. The molecule has 7 heteroatoms. The number of carbonyl (C=O) groups excluding carboxylic acids is 1. The Hall–Kier alpha value is -3.50. The van der Waals surface area contributed by atoms with E-state index in [2.05, 4.69) is 21.8 Å². The summed E-state index contributed by atoms with van der Waals surface area (Å²) in [5.41, 5.74) is 6.23. The molecule has 1 fully saturated rings. The number of nitrogens with zero attached hydrogens (tertiary/aromatic N) is 3. The van der Waals surface area contributed by atoms with E-state index in [9.17, 15) is 14.3 Å². The maximum absolute atomic E-state index is 14.9. The summed E-state index contributed by atoms with van der Waals surface area (Å²) in [6.07, 6.45) is 4.98. The highest BCUT2D eigenvalue weighted by atomic mass is 19.1. The second kappa shape index (κ2) is 6.51. The van der Waals surface area contributed by atoms with Crippen LogP contribution in [0.2, 0.25) is 0 Å². The fourth-order valence-corrected chi connectivity index (χ4v) is 4.18. The van der Waals surface area contributed by atoms with Crippen LogP contribution < -0.4 is 5.73 Å². The summed E-state index contributed by atoms with van der Waals surface area (Å²) in [4.78, 5) is 20.2. The van der Waals surface area contributed by atoms with Gasteiger partial charge >= 0.3 is 0 Å². The number of benzene rings is 1. The predicted molar refractivity (Wildman–Crippen MR) is 108 cm³/mol. The molecule has 3 aliphatic rings. The molecule has 3 aromatic rings. The van der Waals surface area contributed by atoms with Crippen LogP contribution in [0.25, 0.3) is 11.4 Å². The molecular weight excluding hydrogens is 383 g/mol. The molecule has 1 unspecified atom stereocenters. The Balaban J connectivity index is 1.61. The molecule has 1 atom stereocenters. The third kappa shape index (κ3) is 2.88. The van der Waals surface area contributed by atoms with Gasteiger partial charge in [0.15, 0.2) is 5.60 Å². The lowest BCUT2D eigenvalue weighted by Crippen LogP contribution is -2.22. The zero-order chi connectivity index (χ0) is 21.0. The largest absolute Gasteiger partial charge is 0.372 e. The Morgan fingerprint density at radius 3 is 2.87 bits per heavy atom. The lowest BCUT2D eigenvalue weighted by molar-refractivity contribution is 0.0995. The van der Waals surface area contributed by atoms with Crippen LogP contribution in [0.5, 0.6) is 0 Å². The van der Waals surface area contributed by atoms with E-state index in [0.717, 1.165) is 24.0 Å². The standard InChI is InChI=1S/C23H19FN4O2/c1-23(30,20-4-2-3-7-26-20)6-5-13-10-17-16(11-18(13)24)14-8-15(9-14)28-12-19(21(25)29)27-22(17)28/h2-4,7,10-12,14-15,30H,8-9H2,1H3,(H2,25,29). The van der Waals surface area contributed by atoms with Crippen LogP contribution in [0, 0.1) is 17.7 Å². The molecule has 4 heterocycles. The molecule has 3 N–H and O–H groups in total. The van der Waals surface area contributed by atoms with Gasteiger partial charge in [0.2, 0.25) is 0 Å². The van der Waals surface area contributed by atoms with E-state index in [0.29, 0.717) is 11.5 Å². The molecule has 1 saturated carbocycles. The normalized spacial score (nSPS) is 20.5. The van der Waals surface area contributed by atoms with Crippen LogP contribution in [0.15, 0.2) is 42.7 Å². The molecule has 150 valence electrons. The number of imidazole rings is 1. The van der Waals surface area contributed by atoms with Crippen molar-refractivity contribution in [2.75, 3.05) is 0 Å². The average Bonchev–Trinajstić information content (AvgIpc) is 3.03. The molecule has 0 spiro atoms. The number of amides is 1. The number of primary amides is 1. The first kappa shape index (κ1) is 18.5. The smallest absolute Gasteiger partial charge is 0.268 e. The minimum absolute atomic E-state index is 0.152. The molecule has 6 nitrogen and oxygen atoms in total. The van der Waals surface area contributed by atoms with Gasteiger partial charge in [0.05, 0.1) is 11.3 Å². The van der Waals surface area contributed by atoms with Gasteiger partial charge in [0, 0.05) is 24.0 Å². The van der Waals surface area contributed by atoms with Gasteiger partial charge in [-0.15, -0.1) is 0 Å². The molecule has 1 aliphatic carbocycles. The van der Waals surface area contributed by atoms with Gasteiger partial charge in [0.25, 0.3) is 5.91 Å². The van der Waals surface area contributed by atoms with E-state index in [4.69, 9.17) is 5.73 Å². The monoisotopic (exact) mass is 402 g/mol. The zero-order valence-corrected chi connectivity index (χ0v) is 16.3. The van der Waals surface area contributed by atoms with E-state index >= 15 is 0 Å². The Bertz CT molecular complexity index is 1230. The number of aliphatic hydroxyl groups is 1. The van der Waals surface area contributed by atoms with E-state index in [1.165, 1.54) is 13.0 Å². The van der Waals surface area contributed by atoms with Crippen LogP contribution in [-0.2, 0) is 5.60 Å². The Kier molecular flexibility index (Phi) is 4.02. The van der Waals surface area contributed by atoms with Crippen molar-refractivity contribution < 1.29 is 14.3 Å². The first-order chi connectivity index (χ1) is 14.3. The third-order valence-corrected chi connectivity index (χ3v) is 5.92. The van der Waals surface area contributed by atoms with Crippen LogP contribution in [0.4, 0.5) is 4.39 Å². The van der Waals surface area contributed by atoms with Gasteiger partial charge in [-0.1, -0.05) is 17.9 Å². The maximum Gasteiger partial charge on any atom is 0.268 e. The summed E-state index contributed by atoms with van der Waals surface area (Å²) in [6.45, 7) is 1.52. The summed E-state index contributed by atoms with van der Waals surface area (Å²) < 4.78 is 16.8. The number of rotatable bonds is 2. The highest BCUT2D eigenvalue weighted by molar-refractivity contribution is 5.91. The highest BCUT2D eigenvalue weighted by Gasteiger charge is 2.39. The SMILES string of the molecule is CC(O)(C#Cc1cc2c(cc1F)C1CC(C1)n1cc(C(N)=O)nc1-2)c1ccccn1. The van der Waals surface area contributed by atoms with Gasteiger partial charge in [-0.3, -0.25) is 9.78 Å². The molecular formula is C23H19FN4O2. The van der Waals surface area contributed by atoms with Gasteiger partial charge in [0.1, 0.15) is 17.3 Å². The molecule has 2 aliphatic heterocycles. The van der Waals surface area contributed by atoms with Crippen molar-refractivity contribution in [1.82, 2.24) is 14.5 Å². The topological polar surface area (TPSA) is 94.0 Å². The van der Waals surface area contributed by atoms with Crippen molar-refractivity contribution in [2.24, 2.45) is 5.73 Å². The zero-order valence-electron chi connectivity index (χ0n) is 16.3. The number of halogens is 1. The lowest BCUT2D eigenvalue weighted by Gasteiger charge is -2.34. The summed E-state index contributed by atoms with van der Waals surface area (Å²) >= 11 is 0. The minimum atomic E-state index is -1.53. The van der Waals surface area contributed by atoms with Crippen LogP contribution in [0.3, 0.4) is 0 Å². The third-order valence-electron chi connectivity index (χ3n) is 5.92. The Morgan fingerprint density at radius 1 is 1.37 bits per heavy atom. The molecule has 2 aromatic heterocycles. The maximum atomic E-state index is 14.9. The number of carbonyl (C=O) groups is 1. The number of hydrogen-bond acceptors (Lipinski definition) is 4. The van der Waals surface area contributed by atoms with Crippen LogP contribution in [0.1, 0.15) is 59.0 Å². The molecule has 1 amide bonds. The van der Waals surface area contributed by atoms with E-state index < -0.39 is 17.3 Å². The van der Waals surface area contributed by atoms with Gasteiger partial charge < -0.3 is 15.4 Å². The molecule has 6 rings (SSSR count). The second-order valence-corrected chi connectivity index (χ2v) is 8.00. The van der Waals surface area contributed by atoms with Gasteiger partial charge in [-0.05, 0) is 55.5 Å². The molecule has 0 saturated heterocycles. The lowest BCUT2D eigenvalue weighted by atomic mass is 9.75. The van der Waals surface area contributed by atoms with Crippen molar-refractivity contribution >= 4 is 5.91 Å². The fourth-order valence-electron chi connectivity index (χ4n) is 4.18. The van der Waals surface area contributed by atoms with Gasteiger partial charge in [-0.2, -0.15) is 0 Å². The summed E-state index contributed by atoms with van der Waals surface area (Å²) in [5.74, 6) is 5.30. The van der Waals surface area contributed by atoms with E-state index in [1.807, 2.05) is 4.57 Å². The van der Waals surface area contributed by atoms with Crippen LogP contribution in [-0.4, -0.2) is 25.5 Å². The van der Waals surface area contributed by atoms with Crippen molar-refractivity contribution in [3.05, 3.63) is 71.1 Å².